The first-order chi connectivity index (χ1) is 15.4. The molecule has 3 aromatic rings. The number of ether oxygens (including phenoxy) is 2. The van der Waals surface area contributed by atoms with E-state index in [1.807, 2.05) is 24.9 Å². The molecule has 0 radical (unpaired) electrons. The number of amides is 1. The minimum atomic E-state index is -0.306. The van der Waals surface area contributed by atoms with Gasteiger partial charge in [0, 0.05) is 23.0 Å². The Kier molecular flexibility index (Phi) is 7.83. The van der Waals surface area contributed by atoms with Crippen molar-refractivity contribution in [1.29, 1.82) is 0 Å². The van der Waals surface area contributed by atoms with E-state index in [9.17, 15) is 9.18 Å². The number of halogens is 1. The number of carbonyl (C=O) groups excluding carboxylic acids is 1. The van der Waals surface area contributed by atoms with Crippen LogP contribution in [-0.4, -0.2) is 54.9 Å². The van der Waals surface area contributed by atoms with Crippen LogP contribution in [0.1, 0.15) is 19.0 Å². The summed E-state index contributed by atoms with van der Waals surface area (Å²) < 4.78 is 23.6. The number of nitrogens with zero attached hydrogens (tertiary/aromatic N) is 2. The number of aromatic nitrogens is 2. The van der Waals surface area contributed by atoms with Gasteiger partial charge in [0.15, 0.2) is 11.5 Å². The summed E-state index contributed by atoms with van der Waals surface area (Å²) in [6, 6.07) is 13.2. The molecular weight excluding hydrogens is 411 g/mol. The molecule has 0 saturated heterocycles. The van der Waals surface area contributed by atoms with E-state index < -0.39 is 0 Å². The fraction of sp³-hybridized carbons (Fsp3) is 0.333. The first kappa shape index (κ1) is 23.3. The van der Waals surface area contributed by atoms with Crippen LogP contribution in [0.4, 0.5) is 10.1 Å². The zero-order valence-electron chi connectivity index (χ0n) is 18.8. The Bertz CT molecular complexity index is 1040. The van der Waals surface area contributed by atoms with Crippen molar-refractivity contribution in [2.75, 3.05) is 33.1 Å². The van der Waals surface area contributed by atoms with Crippen LogP contribution in [0.5, 0.6) is 11.5 Å². The van der Waals surface area contributed by atoms with E-state index in [0.717, 1.165) is 36.3 Å². The predicted octanol–water partition coefficient (Wildman–Crippen LogP) is 4.12. The van der Waals surface area contributed by atoms with E-state index in [4.69, 9.17) is 9.47 Å². The van der Waals surface area contributed by atoms with Crippen LogP contribution in [-0.2, 0) is 11.2 Å². The quantitative estimate of drug-likeness (QED) is 0.496. The van der Waals surface area contributed by atoms with E-state index in [-0.39, 0.29) is 17.8 Å². The second-order valence-electron chi connectivity index (χ2n) is 7.60. The third-order valence-electron chi connectivity index (χ3n) is 5.42. The van der Waals surface area contributed by atoms with Gasteiger partial charge in [0.05, 0.1) is 26.0 Å². The topological polar surface area (TPSA) is 79.5 Å². The highest BCUT2D eigenvalue weighted by Crippen LogP contribution is 2.29. The number of aromatic amines is 1. The van der Waals surface area contributed by atoms with Gasteiger partial charge in [-0.2, -0.15) is 5.10 Å². The predicted molar refractivity (Wildman–Crippen MR) is 123 cm³/mol. The molecule has 1 atom stereocenters. The molecule has 0 aliphatic rings. The molecule has 7 nitrogen and oxygen atoms in total. The molecular formula is C24H29FN4O3. The van der Waals surface area contributed by atoms with Crippen LogP contribution in [0.2, 0.25) is 0 Å². The number of rotatable bonds is 10. The molecule has 2 aromatic carbocycles. The molecule has 1 aromatic heterocycles. The summed E-state index contributed by atoms with van der Waals surface area (Å²) in [5, 5.41) is 10.3. The average molecular weight is 441 g/mol. The average Bonchev–Trinajstić information content (AvgIpc) is 3.27. The van der Waals surface area contributed by atoms with Crippen molar-refractivity contribution in [2.24, 2.45) is 0 Å². The Hall–Kier alpha value is -3.39. The third-order valence-corrected chi connectivity index (χ3v) is 5.42. The van der Waals surface area contributed by atoms with Gasteiger partial charge >= 0.3 is 0 Å². The smallest absolute Gasteiger partial charge is 0.241 e. The Labute approximate surface area is 187 Å². The number of benzene rings is 2. The number of methoxy groups -OCH3 is 2. The first-order valence-corrected chi connectivity index (χ1v) is 10.4. The van der Waals surface area contributed by atoms with Crippen LogP contribution < -0.4 is 14.8 Å². The van der Waals surface area contributed by atoms with Crippen LogP contribution in [0.15, 0.2) is 48.5 Å². The lowest BCUT2D eigenvalue weighted by molar-refractivity contribution is -0.120. The fourth-order valence-electron chi connectivity index (χ4n) is 3.33. The maximum atomic E-state index is 13.1. The molecule has 1 amide bonds. The van der Waals surface area contributed by atoms with Gasteiger partial charge in [-0.3, -0.25) is 14.8 Å². The largest absolute Gasteiger partial charge is 0.493 e. The molecule has 32 heavy (non-hydrogen) atoms. The van der Waals surface area contributed by atoms with Gasteiger partial charge in [0.25, 0.3) is 0 Å². The molecule has 0 aliphatic carbocycles. The van der Waals surface area contributed by atoms with E-state index in [0.29, 0.717) is 17.2 Å². The summed E-state index contributed by atoms with van der Waals surface area (Å²) in [5.74, 6) is 0.805. The Morgan fingerprint density at radius 2 is 1.84 bits per heavy atom. The summed E-state index contributed by atoms with van der Waals surface area (Å²) in [4.78, 5) is 14.7. The number of H-pyrrole nitrogens is 1. The molecule has 1 heterocycles. The molecule has 0 spiro atoms. The van der Waals surface area contributed by atoms with Crippen molar-refractivity contribution in [2.45, 2.75) is 25.8 Å². The van der Waals surface area contributed by atoms with Gasteiger partial charge in [-0.05, 0) is 75.8 Å². The number of hydrogen-bond donors (Lipinski definition) is 2. The van der Waals surface area contributed by atoms with E-state index in [1.165, 1.54) is 12.1 Å². The summed E-state index contributed by atoms with van der Waals surface area (Å²) in [6.45, 7) is 2.62. The van der Waals surface area contributed by atoms with Crippen molar-refractivity contribution < 1.29 is 18.7 Å². The molecule has 3 rings (SSSR count). The SMILES string of the molecule is COc1ccc(NC(=O)C(C)N(C)CCCc2cc(-c3ccc(F)cc3)n[nH]2)cc1OC. The summed E-state index contributed by atoms with van der Waals surface area (Å²) >= 11 is 0. The van der Waals surface area contributed by atoms with Gasteiger partial charge < -0.3 is 14.8 Å². The maximum Gasteiger partial charge on any atom is 0.241 e. The highest BCUT2D eigenvalue weighted by Gasteiger charge is 2.18. The second-order valence-corrected chi connectivity index (χ2v) is 7.60. The van der Waals surface area contributed by atoms with Crippen LogP contribution >= 0.6 is 0 Å². The monoisotopic (exact) mass is 440 g/mol. The molecule has 8 heteroatoms. The van der Waals surface area contributed by atoms with Gasteiger partial charge in [0.1, 0.15) is 5.82 Å². The lowest BCUT2D eigenvalue weighted by Crippen LogP contribution is -2.40. The number of likely N-dealkylation sites (N-methyl/N-ethyl adjacent to an activating group) is 1. The Balaban J connectivity index is 1.49. The molecule has 0 aliphatic heterocycles. The number of aryl methyl sites for hydroxylation is 1. The van der Waals surface area contributed by atoms with Crippen molar-refractivity contribution in [1.82, 2.24) is 15.1 Å². The van der Waals surface area contributed by atoms with E-state index >= 15 is 0 Å². The molecule has 0 bridgehead atoms. The third kappa shape index (κ3) is 5.85. The number of nitrogens with one attached hydrogen (secondary N) is 2. The number of hydrogen-bond acceptors (Lipinski definition) is 5. The minimum Gasteiger partial charge on any atom is -0.493 e. The normalized spacial score (nSPS) is 11.9. The highest BCUT2D eigenvalue weighted by atomic mass is 19.1. The standard InChI is InChI=1S/C24H29FN4O3/c1-16(24(30)26-19-11-12-22(31-3)23(15-19)32-4)29(2)13-5-6-20-14-21(28-27-20)17-7-9-18(25)10-8-17/h7-12,14-16H,5-6,13H2,1-4H3,(H,26,30)(H,27,28). The van der Waals surface area contributed by atoms with Gasteiger partial charge in [-0.25, -0.2) is 4.39 Å². The summed E-state index contributed by atoms with van der Waals surface area (Å²) in [5.41, 5.74) is 3.31. The number of carbonyl (C=O) groups is 1. The lowest BCUT2D eigenvalue weighted by atomic mass is 10.1. The van der Waals surface area contributed by atoms with Crippen molar-refractivity contribution >= 4 is 11.6 Å². The van der Waals surface area contributed by atoms with Gasteiger partial charge in [-0.15, -0.1) is 0 Å². The van der Waals surface area contributed by atoms with Crippen molar-refractivity contribution in [3.8, 4) is 22.8 Å². The lowest BCUT2D eigenvalue weighted by Gasteiger charge is -2.24. The zero-order chi connectivity index (χ0) is 23.1. The van der Waals surface area contributed by atoms with E-state index in [1.54, 1.807) is 44.6 Å². The summed E-state index contributed by atoms with van der Waals surface area (Å²) in [6.07, 6.45) is 1.65. The zero-order valence-corrected chi connectivity index (χ0v) is 18.8. The van der Waals surface area contributed by atoms with Crippen LogP contribution in [0.25, 0.3) is 11.3 Å². The fourth-order valence-corrected chi connectivity index (χ4v) is 3.33. The van der Waals surface area contributed by atoms with Gasteiger partial charge in [0.2, 0.25) is 5.91 Å². The van der Waals surface area contributed by atoms with Crippen molar-refractivity contribution in [3.05, 3.63) is 60.0 Å². The molecule has 170 valence electrons. The Morgan fingerprint density at radius 1 is 1.12 bits per heavy atom. The minimum absolute atomic E-state index is 0.0974. The molecule has 1 unspecified atom stereocenters. The summed E-state index contributed by atoms with van der Waals surface area (Å²) in [7, 11) is 5.05. The second kappa shape index (κ2) is 10.8. The Morgan fingerprint density at radius 3 is 2.53 bits per heavy atom. The number of anilines is 1. The maximum absolute atomic E-state index is 13.1. The van der Waals surface area contributed by atoms with Gasteiger partial charge in [-0.1, -0.05) is 0 Å². The molecule has 0 saturated carbocycles. The first-order valence-electron chi connectivity index (χ1n) is 10.4. The molecule has 0 fully saturated rings. The highest BCUT2D eigenvalue weighted by molar-refractivity contribution is 5.94. The van der Waals surface area contributed by atoms with Crippen LogP contribution in [0, 0.1) is 5.82 Å². The van der Waals surface area contributed by atoms with Crippen molar-refractivity contribution in [3.63, 3.8) is 0 Å². The van der Waals surface area contributed by atoms with E-state index in [2.05, 4.69) is 15.5 Å². The molecule has 2 N–H and O–H groups in total. The van der Waals surface area contributed by atoms with Crippen LogP contribution in [0.3, 0.4) is 0 Å².